The van der Waals surface area contributed by atoms with Crippen LogP contribution in [0.3, 0.4) is 0 Å². The van der Waals surface area contributed by atoms with E-state index in [2.05, 4.69) is 30.6 Å². The fourth-order valence-electron chi connectivity index (χ4n) is 3.64. The number of aromatic nitrogens is 6. The Morgan fingerprint density at radius 1 is 1.08 bits per heavy atom. The Morgan fingerprint density at radius 2 is 1.92 bits per heavy atom. The molecule has 0 fully saturated rings. The average molecular weight is 515 g/mol. The second kappa shape index (κ2) is 8.42. The van der Waals surface area contributed by atoms with Gasteiger partial charge in [0.25, 0.3) is 11.6 Å². The van der Waals surface area contributed by atoms with Crippen LogP contribution in [0.25, 0.3) is 32.4 Å². The molecule has 0 aliphatic carbocycles. The van der Waals surface area contributed by atoms with E-state index in [1.165, 1.54) is 28.8 Å². The van der Waals surface area contributed by atoms with Crippen molar-refractivity contribution >= 4 is 44.3 Å². The SMILES string of the molecule is Cc1[nH]n(-c2nnc3sc(-c4cc5ccccc5oc4=O)nn23)c(=O)c1N=Nc1cccc([N+](=O)[O-])c1. The number of nitrogens with zero attached hydrogens (tertiary/aromatic N) is 8. The minimum absolute atomic E-state index is 0.0196. The normalized spacial score (nSPS) is 11.7. The summed E-state index contributed by atoms with van der Waals surface area (Å²) < 4.78 is 7.83. The highest BCUT2D eigenvalue weighted by molar-refractivity contribution is 7.19. The molecule has 0 saturated carbocycles. The molecule has 4 aromatic heterocycles. The highest BCUT2D eigenvalue weighted by Gasteiger charge is 2.21. The third kappa shape index (κ3) is 3.79. The van der Waals surface area contributed by atoms with E-state index in [9.17, 15) is 19.7 Å². The molecule has 0 aliphatic heterocycles. The first-order valence-electron chi connectivity index (χ1n) is 10.6. The van der Waals surface area contributed by atoms with Crippen LogP contribution in [0.1, 0.15) is 5.69 Å². The summed E-state index contributed by atoms with van der Waals surface area (Å²) in [7, 11) is 0. The van der Waals surface area contributed by atoms with E-state index in [1.54, 1.807) is 25.1 Å². The molecule has 0 radical (unpaired) electrons. The van der Waals surface area contributed by atoms with E-state index < -0.39 is 16.1 Å². The van der Waals surface area contributed by atoms with Crippen molar-refractivity contribution in [2.75, 3.05) is 0 Å². The van der Waals surface area contributed by atoms with Crippen LogP contribution in [0.15, 0.2) is 78.8 Å². The summed E-state index contributed by atoms with van der Waals surface area (Å²) in [4.78, 5) is 36.4. The van der Waals surface area contributed by atoms with Crippen LogP contribution in [-0.4, -0.2) is 34.5 Å². The lowest BCUT2D eigenvalue weighted by Crippen LogP contribution is -2.17. The van der Waals surface area contributed by atoms with Crippen LogP contribution < -0.4 is 11.2 Å². The summed E-state index contributed by atoms with van der Waals surface area (Å²) >= 11 is 1.11. The van der Waals surface area contributed by atoms with Gasteiger partial charge in [-0.3, -0.25) is 20.0 Å². The largest absolute Gasteiger partial charge is 0.422 e. The quantitative estimate of drug-likeness (QED) is 0.154. The second-order valence-corrected chi connectivity index (χ2v) is 8.75. The van der Waals surface area contributed by atoms with E-state index >= 15 is 0 Å². The summed E-state index contributed by atoms with van der Waals surface area (Å²) in [5.74, 6) is 0.0487. The molecule has 0 unspecified atom stereocenters. The number of fused-ring (bicyclic) bond motifs is 2. The van der Waals surface area contributed by atoms with Crippen LogP contribution in [0.4, 0.5) is 17.1 Å². The first-order chi connectivity index (χ1) is 17.9. The molecule has 4 heterocycles. The van der Waals surface area contributed by atoms with Crippen molar-refractivity contribution in [2.24, 2.45) is 10.2 Å². The number of aromatic amines is 1. The highest BCUT2D eigenvalue weighted by atomic mass is 32.1. The number of nitrogens with one attached hydrogen (secondary N) is 1. The first-order valence-corrected chi connectivity index (χ1v) is 11.4. The summed E-state index contributed by atoms with van der Waals surface area (Å²) in [5.41, 5.74) is -0.00541. The molecule has 0 aliphatic rings. The van der Waals surface area contributed by atoms with Gasteiger partial charge in [0.15, 0.2) is 10.7 Å². The Labute approximate surface area is 208 Å². The van der Waals surface area contributed by atoms with Crippen LogP contribution in [0, 0.1) is 17.0 Å². The molecule has 15 heteroatoms. The minimum atomic E-state index is -0.583. The zero-order valence-corrected chi connectivity index (χ0v) is 19.5. The number of H-pyrrole nitrogens is 1. The third-order valence-electron chi connectivity index (χ3n) is 5.39. The number of non-ortho nitro benzene ring substituents is 1. The van der Waals surface area contributed by atoms with Crippen molar-refractivity contribution in [1.82, 2.24) is 29.6 Å². The molecule has 1 N–H and O–H groups in total. The summed E-state index contributed by atoms with van der Waals surface area (Å²) in [5, 5.41) is 35.4. The van der Waals surface area contributed by atoms with E-state index in [1.807, 2.05) is 12.1 Å². The molecule has 2 aromatic carbocycles. The van der Waals surface area contributed by atoms with Crippen LogP contribution in [0.5, 0.6) is 0 Å². The molecule has 0 amide bonds. The topological polar surface area (TPSA) is 179 Å². The monoisotopic (exact) mass is 515 g/mol. The number of nitro benzene ring substituents is 1. The van der Waals surface area contributed by atoms with Gasteiger partial charge in [-0.25, -0.2) is 4.79 Å². The van der Waals surface area contributed by atoms with Crippen LogP contribution in [0.2, 0.25) is 0 Å². The Morgan fingerprint density at radius 3 is 2.76 bits per heavy atom. The van der Waals surface area contributed by atoms with E-state index in [-0.39, 0.29) is 28.6 Å². The highest BCUT2D eigenvalue weighted by Crippen LogP contribution is 2.27. The maximum Gasteiger partial charge on any atom is 0.346 e. The summed E-state index contributed by atoms with van der Waals surface area (Å²) in [6, 6.07) is 14.4. The minimum Gasteiger partial charge on any atom is -0.422 e. The van der Waals surface area contributed by atoms with Gasteiger partial charge in [-0.1, -0.05) is 35.6 Å². The number of azo groups is 1. The maximum absolute atomic E-state index is 13.1. The number of nitro groups is 1. The fraction of sp³-hybridized carbons (Fsp3) is 0.0455. The Kier molecular flexibility index (Phi) is 5.04. The molecule has 0 atom stereocenters. The van der Waals surface area contributed by atoms with Gasteiger partial charge in [0.05, 0.1) is 21.9 Å². The number of benzene rings is 2. The van der Waals surface area contributed by atoms with Crippen molar-refractivity contribution in [3.63, 3.8) is 0 Å². The average Bonchev–Trinajstić information content (AvgIpc) is 3.55. The number of hydrogen-bond donors (Lipinski definition) is 1. The van der Waals surface area contributed by atoms with Gasteiger partial charge in [0.2, 0.25) is 4.96 Å². The van der Waals surface area contributed by atoms with Crippen molar-refractivity contribution in [1.29, 1.82) is 0 Å². The first kappa shape index (κ1) is 22.2. The Balaban J connectivity index is 1.39. The molecule has 0 bridgehead atoms. The second-order valence-electron chi connectivity index (χ2n) is 7.79. The van der Waals surface area contributed by atoms with E-state index in [0.717, 1.165) is 21.4 Å². The lowest BCUT2D eigenvalue weighted by atomic mass is 10.2. The predicted molar refractivity (Wildman–Crippen MR) is 132 cm³/mol. The molecule has 6 aromatic rings. The van der Waals surface area contributed by atoms with Crippen LogP contribution >= 0.6 is 11.3 Å². The smallest absolute Gasteiger partial charge is 0.346 e. The number of para-hydroxylation sites is 1. The molecule has 14 nitrogen and oxygen atoms in total. The van der Waals surface area contributed by atoms with Gasteiger partial charge in [0, 0.05) is 17.5 Å². The van der Waals surface area contributed by atoms with Gasteiger partial charge >= 0.3 is 11.2 Å². The van der Waals surface area contributed by atoms with E-state index in [0.29, 0.717) is 21.2 Å². The van der Waals surface area contributed by atoms with Crippen molar-refractivity contribution in [3.05, 3.63) is 91.2 Å². The molecule has 37 heavy (non-hydrogen) atoms. The summed E-state index contributed by atoms with van der Waals surface area (Å²) in [6.45, 7) is 1.62. The summed E-state index contributed by atoms with van der Waals surface area (Å²) in [6.07, 6.45) is 0. The molecule has 182 valence electrons. The van der Waals surface area contributed by atoms with Gasteiger partial charge in [-0.15, -0.1) is 15.3 Å². The third-order valence-corrected chi connectivity index (χ3v) is 6.32. The number of hydrogen-bond acceptors (Lipinski definition) is 11. The molecular weight excluding hydrogens is 502 g/mol. The Bertz CT molecular complexity index is 2000. The molecule has 0 saturated heterocycles. The van der Waals surface area contributed by atoms with Gasteiger partial charge in [-0.2, -0.15) is 19.4 Å². The number of aryl methyl sites for hydroxylation is 1. The molecule has 6 rings (SSSR count). The van der Waals surface area contributed by atoms with Crippen molar-refractivity contribution in [2.45, 2.75) is 6.92 Å². The van der Waals surface area contributed by atoms with Gasteiger partial charge in [-0.05, 0) is 25.1 Å². The lowest BCUT2D eigenvalue weighted by Gasteiger charge is -1.98. The van der Waals surface area contributed by atoms with Gasteiger partial charge in [0.1, 0.15) is 5.58 Å². The van der Waals surface area contributed by atoms with Gasteiger partial charge < -0.3 is 4.42 Å². The molecule has 0 spiro atoms. The lowest BCUT2D eigenvalue weighted by molar-refractivity contribution is -0.384. The standard InChI is InChI=1S/C22H13N9O5S/c1-11-17(24-23-13-6-4-7-14(10-13)31(34)35)19(32)29(27-11)21-25-26-22-30(21)28-18(37-22)15-9-12-5-2-3-8-16(12)36-20(15)33/h2-10,27H,1H3. The predicted octanol–water partition coefficient (Wildman–Crippen LogP) is 4.07. The van der Waals surface area contributed by atoms with Crippen LogP contribution in [-0.2, 0) is 0 Å². The van der Waals surface area contributed by atoms with Crippen molar-refractivity contribution in [3.8, 4) is 16.5 Å². The van der Waals surface area contributed by atoms with E-state index in [4.69, 9.17) is 4.42 Å². The zero-order chi connectivity index (χ0) is 25.7. The fourth-order valence-corrected chi connectivity index (χ4v) is 4.48. The molecular formula is C22H13N9O5S. The number of rotatable bonds is 5. The van der Waals surface area contributed by atoms with Crippen molar-refractivity contribution < 1.29 is 9.34 Å². The zero-order valence-electron chi connectivity index (χ0n) is 18.7. The Hall–Kier alpha value is -5.31. The maximum atomic E-state index is 13.1.